The fourth-order valence-corrected chi connectivity index (χ4v) is 7.24. The molecule has 1 N–H and O–H groups in total. The van der Waals surface area contributed by atoms with Crippen LogP contribution >= 0.6 is 0 Å². The number of hydrogen-bond donors (Lipinski definition) is 1. The van der Waals surface area contributed by atoms with Crippen LogP contribution in [0.25, 0.3) is 28.0 Å². The molecule has 214 valence electrons. The average molecular weight is 569 g/mol. The normalized spacial score (nSPS) is 18.7. The minimum absolute atomic E-state index is 0.541. The van der Waals surface area contributed by atoms with E-state index >= 15 is 0 Å². The molecular formula is C38H32O5. The van der Waals surface area contributed by atoms with Crippen molar-refractivity contribution in [2.24, 2.45) is 0 Å². The Morgan fingerprint density at radius 2 is 1.51 bits per heavy atom. The number of aliphatic hydroxyl groups is 1. The van der Waals surface area contributed by atoms with Crippen molar-refractivity contribution in [2.45, 2.75) is 31.0 Å². The summed E-state index contributed by atoms with van der Waals surface area (Å²) in [5.41, 5.74) is 5.92. The van der Waals surface area contributed by atoms with Crippen molar-refractivity contribution in [1.29, 1.82) is 0 Å². The summed E-state index contributed by atoms with van der Waals surface area (Å²) in [6, 6.07) is 28.7. The molecule has 8 rings (SSSR count). The highest BCUT2D eigenvalue weighted by Crippen LogP contribution is 2.59. The van der Waals surface area contributed by atoms with Gasteiger partial charge in [0.2, 0.25) is 0 Å². The molecule has 0 aromatic heterocycles. The number of fused-ring (bicyclic) bond motifs is 9. The minimum Gasteiger partial charge on any atom is -0.497 e. The van der Waals surface area contributed by atoms with E-state index < -0.39 is 11.2 Å². The van der Waals surface area contributed by atoms with Crippen molar-refractivity contribution in [3.63, 3.8) is 0 Å². The van der Waals surface area contributed by atoms with Crippen molar-refractivity contribution in [3.8, 4) is 34.1 Å². The molecule has 0 radical (unpaired) electrons. The molecule has 1 unspecified atom stereocenters. The van der Waals surface area contributed by atoms with Gasteiger partial charge in [-0.15, -0.1) is 0 Å². The van der Waals surface area contributed by atoms with Crippen molar-refractivity contribution in [2.75, 3.05) is 20.8 Å². The first-order valence-electron chi connectivity index (χ1n) is 14.8. The van der Waals surface area contributed by atoms with Gasteiger partial charge in [-0.25, -0.2) is 0 Å². The SMILES string of the molecule is CCC1(O)c2ccccc2-c2c1c1c(c3cc4c(cc23)CCO4)OC(c2ccc(OC)cc2)(c2ccc(OC)cc2)C=C1. The van der Waals surface area contributed by atoms with Gasteiger partial charge in [0.1, 0.15) is 28.6 Å². The lowest BCUT2D eigenvalue weighted by Crippen LogP contribution is -2.35. The smallest absolute Gasteiger partial charge is 0.178 e. The van der Waals surface area contributed by atoms with Gasteiger partial charge in [-0.3, -0.25) is 0 Å². The maximum atomic E-state index is 12.5. The van der Waals surface area contributed by atoms with Gasteiger partial charge in [0, 0.05) is 34.1 Å². The second-order valence-corrected chi connectivity index (χ2v) is 11.5. The van der Waals surface area contributed by atoms with E-state index in [1.165, 1.54) is 5.56 Å². The highest BCUT2D eigenvalue weighted by atomic mass is 16.5. The van der Waals surface area contributed by atoms with E-state index in [1.54, 1.807) is 14.2 Å². The average Bonchev–Trinajstić information content (AvgIpc) is 3.64. The summed E-state index contributed by atoms with van der Waals surface area (Å²) < 4.78 is 24.4. The van der Waals surface area contributed by atoms with E-state index in [1.807, 2.05) is 61.5 Å². The van der Waals surface area contributed by atoms with Gasteiger partial charge in [0.15, 0.2) is 5.60 Å². The van der Waals surface area contributed by atoms with E-state index in [4.69, 9.17) is 18.9 Å². The Balaban J connectivity index is 1.45. The number of methoxy groups -OCH3 is 2. The third-order valence-corrected chi connectivity index (χ3v) is 9.46. The van der Waals surface area contributed by atoms with Gasteiger partial charge in [0.05, 0.1) is 20.8 Å². The first kappa shape index (κ1) is 25.9. The Hall–Kier alpha value is -4.74. The number of ether oxygens (including phenoxy) is 4. The van der Waals surface area contributed by atoms with E-state index in [9.17, 15) is 5.11 Å². The van der Waals surface area contributed by atoms with Crippen LogP contribution in [0, 0.1) is 0 Å². The van der Waals surface area contributed by atoms with Gasteiger partial charge in [-0.1, -0.05) is 61.5 Å². The molecule has 0 fully saturated rings. The zero-order chi connectivity index (χ0) is 29.3. The number of rotatable bonds is 5. The van der Waals surface area contributed by atoms with Gasteiger partial charge in [-0.05, 0) is 76.5 Å². The van der Waals surface area contributed by atoms with E-state index in [2.05, 4.69) is 42.5 Å². The molecule has 5 heteroatoms. The Kier molecular flexibility index (Phi) is 5.66. The zero-order valence-corrected chi connectivity index (χ0v) is 24.4. The van der Waals surface area contributed by atoms with Crippen LogP contribution in [0.1, 0.15) is 46.7 Å². The molecule has 0 spiro atoms. The Labute approximate surface area is 250 Å². The second-order valence-electron chi connectivity index (χ2n) is 11.5. The molecule has 0 saturated heterocycles. The molecule has 0 amide bonds. The van der Waals surface area contributed by atoms with Crippen LogP contribution in [-0.2, 0) is 17.6 Å². The van der Waals surface area contributed by atoms with Crippen LogP contribution in [0.2, 0.25) is 0 Å². The summed E-state index contributed by atoms with van der Waals surface area (Å²) in [6.45, 7) is 2.71. The molecule has 2 heterocycles. The summed E-state index contributed by atoms with van der Waals surface area (Å²) in [5.74, 6) is 3.18. The largest absolute Gasteiger partial charge is 0.497 e. The standard InChI is InChI=1S/C38H32O5/c1-4-37(39)32-8-6-5-7-28(32)34-30-21-23-18-20-42-33(23)22-31(30)36-29(35(34)37)17-19-38(43-36,24-9-13-26(40-2)14-10-24)25-11-15-27(41-3)16-12-25/h5-17,19,21-22,39H,4,18,20H2,1-3H3. The van der Waals surface area contributed by atoms with Crippen LogP contribution in [0.3, 0.4) is 0 Å². The summed E-state index contributed by atoms with van der Waals surface area (Å²) in [4.78, 5) is 0. The number of hydrogen-bond acceptors (Lipinski definition) is 5. The zero-order valence-electron chi connectivity index (χ0n) is 24.4. The highest BCUT2D eigenvalue weighted by molar-refractivity contribution is 6.09. The van der Waals surface area contributed by atoms with Crippen LogP contribution < -0.4 is 18.9 Å². The summed E-state index contributed by atoms with van der Waals surface area (Å²) >= 11 is 0. The quantitative estimate of drug-likeness (QED) is 0.235. The Morgan fingerprint density at radius 3 is 2.16 bits per heavy atom. The van der Waals surface area contributed by atoms with E-state index in [0.29, 0.717) is 13.0 Å². The Bertz CT molecular complexity index is 1890. The first-order chi connectivity index (χ1) is 21.0. The molecule has 1 atom stereocenters. The first-order valence-corrected chi connectivity index (χ1v) is 14.8. The van der Waals surface area contributed by atoms with Crippen LogP contribution in [-0.4, -0.2) is 25.9 Å². The van der Waals surface area contributed by atoms with Crippen LogP contribution in [0.5, 0.6) is 23.0 Å². The van der Waals surface area contributed by atoms with Crippen LogP contribution in [0.15, 0.2) is 91.0 Å². The molecule has 2 aliphatic heterocycles. The van der Waals surface area contributed by atoms with Crippen molar-refractivity contribution in [3.05, 3.63) is 124 Å². The third-order valence-electron chi connectivity index (χ3n) is 9.46. The molecule has 3 aliphatic rings. The predicted molar refractivity (Wildman–Crippen MR) is 168 cm³/mol. The van der Waals surface area contributed by atoms with Gasteiger partial charge in [0.25, 0.3) is 0 Å². The molecular weight excluding hydrogens is 536 g/mol. The van der Waals surface area contributed by atoms with Crippen molar-refractivity contribution < 1.29 is 24.1 Å². The van der Waals surface area contributed by atoms with E-state index in [-0.39, 0.29) is 0 Å². The lowest BCUT2D eigenvalue weighted by Gasteiger charge is -2.38. The predicted octanol–water partition coefficient (Wildman–Crippen LogP) is 7.77. The lowest BCUT2D eigenvalue weighted by molar-refractivity contribution is 0.0801. The van der Waals surface area contributed by atoms with Gasteiger partial charge >= 0.3 is 0 Å². The maximum Gasteiger partial charge on any atom is 0.178 e. The topological polar surface area (TPSA) is 57.2 Å². The molecule has 1 aliphatic carbocycles. The monoisotopic (exact) mass is 568 g/mol. The molecule has 5 aromatic carbocycles. The summed E-state index contributed by atoms with van der Waals surface area (Å²) in [7, 11) is 3.34. The fourth-order valence-electron chi connectivity index (χ4n) is 7.24. The summed E-state index contributed by atoms with van der Waals surface area (Å²) in [5, 5.41) is 14.5. The van der Waals surface area contributed by atoms with E-state index in [0.717, 1.165) is 79.1 Å². The Morgan fingerprint density at radius 1 is 0.837 bits per heavy atom. The molecule has 43 heavy (non-hydrogen) atoms. The minimum atomic E-state index is -1.15. The maximum absolute atomic E-state index is 12.5. The molecule has 5 nitrogen and oxygen atoms in total. The fraction of sp³-hybridized carbons (Fsp3) is 0.211. The lowest BCUT2D eigenvalue weighted by atomic mass is 9.79. The highest BCUT2D eigenvalue weighted by Gasteiger charge is 2.47. The number of benzene rings is 5. The van der Waals surface area contributed by atoms with Gasteiger partial charge in [-0.2, -0.15) is 0 Å². The molecule has 0 saturated carbocycles. The third kappa shape index (κ3) is 3.55. The van der Waals surface area contributed by atoms with Gasteiger partial charge < -0.3 is 24.1 Å². The van der Waals surface area contributed by atoms with Crippen molar-refractivity contribution >= 4 is 16.8 Å². The summed E-state index contributed by atoms with van der Waals surface area (Å²) in [6.07, 6.45) is 5.67. The van der Waals surface area contributed by atoms with Crippen LogP contribution in [0.4, 0.5) is 0 Å². The second kappa shape index (κ2) is 9.38. The van der Waals surface area contributed by atoms with Crippen molar-refractivity contribution in [1.82, 2.24) is 0 Å². The molecule has 0 bridgehead atoms. The molecule has 5 aromatic rings.